The average Bonchev–Trinajstić information content (AvgIpc) is 2.45. The largest absolute Gasteiger partial charge is 0.504 e. The quantitative estimate of drug-likeness (QED) is 0.256. The standard InChI is InChI=1S/C13H16ClN3O6/c1-2-6(16-13(15)21)3-4-8(18)10-7(14)5-9(19)12(20)11(10)17(22)23/h5-6,19-20H,2-4H2,1H3,(H3,15,16,21). The van der Waals surface area contributed by atoms with Crippen molar-refractivity contribution in [2.45, 2.75) is 32.2 Å². The summed E-state index contributed by atoms with van der Waals surface area (Å²) in [6.07, 6.45) is 0.532. The van der Waals surface area contributed by atoms with Crippen molar-refractivity contribution in [2.24, 2.45) is 5.73 Å². The van der Waals surface area contributed by atoms with E-state index in [1.54, 1.807) is 6.92 Å². The van der Waals surface area contributed by atoms with Crippen molar-refractivity contribution in [3.63, 3.8) is 0 Å². The highest BCUT2D eigenvalue weighted by Crippen LogP contribution is 2.42. The number of ketones is 1. The number of hydrogen-bond donors (Lipinski definition) is 4. The molecule has 1 aromatic carbocycles. The minimum atomic E-state index is -1.02. The van der Waals surface area contributed by atoms with E-state index in [1.807, 2.05) is 0 Å². The number of amides is 2. The molecule has 126 valence electrons. The van der Waals surface area contributed by atoms with Crippen LogP contribution in [0.25, 0.3) is 0 Å². The van der Waals surface area contributed by atoms with E-state index in [-0.39, 0.29) is 23.9 Å². The lowest BCUT2D eigenvalue weighted by molar-refractivity contribution is -0.386. The van der Waals surface area contributed by atoms with Gasteiger partial charge >= 0.3 is 11.7 Å². The summed E-state index contributed by atoms with van der Waals surface area (Å²) in [4.78, 5) is 33.1. The molecule has 1 atom stereocenters. The maximum Gasteiger partial charge on any atom is 0.326 e. The molecule has 23 heavy (non-hydrogen) atoms. The van der Waals surface area contributed by atoms with Gasteiger partial charge in [0.2, 0.25) is 5.75 Å². The first-order chi connectivity index (χ1) is 10.7. The van der Waals surface area contributed by atoms with Gasteiger partial charge in [-0.3, -0.25) is 14.9 Å². The number of nitrogens with two attached hydrogens (primary N) is 1. The lowest BCUT2D eigenvalue weighted by atomic mass is 10.00. The highest BCUT2D eigenvalue weighted by molar-refractivity contribution is 6.35. The number of benzene rings is 1. The minimum absolute atomic E-state index is 0.163. The van der Waals surface area contributed by atoms with Crippen molar-refractivity contribution >= 4 is 29.1 Å². The average molecular weight is 346 g/mol. The van der Waals surface area contributed by atoms with Gasteiger partial charge in [0.1, 0.15) is 5.56 Å². The van der Waals surface area contributed by atoms with Crippen molar-refractivity contribution in [2.75, 3.05) is 0 Å². The van der Waals surface area contributed by atoms with Gasteiger partial charge in [-0.05, 0) is 12.8 Å². The Hall–Kier alpha value is -2.55. The number of nitrogens with one attached hydrogen (secondary N) is 1. The van der Waals surface area contributed by atoms with E-state index < -0.39 is 39.5 Å². The highest BCUT2D eigenvalue weighted by Gasteiger charge is 2.30. The first kappa shape index (κ1) is 18.5. The predicted molar refractivity (Wildman–Crippen MR) is 81.8 cm³/mol. The maximum absolute atomic E-state index is 12.2. The van der Waals surface area contributed by atoms with Crippen LogP contribution >= 0.6 is 11.6 Å². The van der Waals surface area contributed by atoms with E-state index >= 15 is 0 Å². The Balaban J connectivity index is 3.07. The Morgan fingerprint density at radius 2 is 2.09 bits per heavy atom. The van der Waals surface area contributed by atoms with Gasteiger partial charge in [0.15, 0.2) is 11.5 Å². The molecule has 0 radical (unpaired) electrons. The number of aromatic hydroxyl groups is 2. The molecule has 0 aliphatic carbocycles. The fourth-order valence-electron chi connectivity index (χ4n) is 2.07. The van der Waals surface area contributed by atoms with E-state index in [2.05, 4.69) is 5.32 Å². The third-order valence-corrected chi connectivity index (χ3v) is 3.52. The van der Waals surface area contributed by atoms with Crippen molar-refractivity contribution in [1.29, 1.82) is 0 Å². The third kappa shape index (κ3) is 4.46. The molecule has 0 saturated carbocycles. The van der Waals surface area contributed by atoms with Crippen LogP contribution < -0.4 is 11.1 Å². The number of phenolic OH excluding ortho intramolecular Hbond substituents is 2. The summed E-state index contributed by atoms with van der Waals surface area (Å²) >= 11 is 5.79. The first-order valence-corrected chi connectivity index (χ1v) is 7.04. The summed E-state index contributed by atoms with van der Waals surface area (Å²) in [6, 6.07) is -0.258. The van der Waals surface area contributed by atoms with E-state index in [1.165, 1.54) is 0 Å². The number of carbonyl (C=O) groups is 2. The molecule has 0 aliphatic heterocycles. The van der Waals surface area contributed by atoms with Gasteiger partial charge in [0, 0.05) is 18.5 Å². The minimum Gasteiger partial charge on any atom is -0.504 e. The molecular weight excluding hydrogens is 330 g/mol. The molecule has 5 N–H and O–H groups in total. The molecule has 0 bridgehead atoms. The second kappa shape index (κ2) is 7.63. The number of nitrogens with zero attached hydrogens (tertiary/aromatic N) is 1. The molecule has 0 aliphatic rings. The Kier molecular flexibility index (Phi) is 6.14. The van der Waals surface area contributed by atoms with Crippen LogP contribution in [0.3, 0.4) is 0 Å². The molecule has 1 rings (SSSR count). The second-order valence-electron chi connectivity index (χ2n) is 4.78. The number of primary amides is 1. The molecule has 2 amide bonds. The summed E-state index contributed by atoms with van der Waals surface area (Å²) in [5, 5.41) is 32.1. The summed E-state index contributed by atoms with van der Waals surface area (Å²) < 4.78 is 0. The summed E-state index contributed by atoms with van der Waals surface area (Å²) in [5.41, 5.74) is 3.57. The van der Waals surface area contributed by atoms with Crippen molar-refractivity contribution in [3.05, 3.63) is 26.8 Å². The van der Waals surface area contributed by atoms with Crippen LogP contribution in [0.5, 0.6) is 11.5 Å². The smallest absolute Gasteiger partial charge is 0.326 e. The molecule has 0 heterocycles. The second-order valence-corrected chi connectivity index (χ2v) is 5.19. The van der Waals surface area contributed by atoms with Gasteiger partial charge in [-0.2, -0.15) is 0 Å². The molecule has 0 saturated heterocycles. The Morgan fingerprint density at radius 3 is 2.57 bits per heavy atom. The molecule has 1 aromatic rings. The fraction of sp³-hybridized carbons (Fsp3) is 0.385. The fourth-order valence-corrected chi connectivity index (χ4v) is 2.36. The van der Waals surface area contributed by atoms with Crippen molar-refractivity contribution in [3.8, 4) is 11.5 Å². The zero-order valence-corrected chi connectivity index (χ0v) is 13.0. The van der Waals surface area contributed by atoms with Gasteiger partial charge in [-0.1, -0.05) is 18.5 Å². The first-order valence-electron chi connectivity index (χ1n) is 6.67. The Bertz CT molecular complexity index is 649. The number of carbonyl (C=O) groups excluding carboxylic acids is 2. The summed E-state index contributed by atoms with van der Waals surface area (Å²) in [5.74, 6) is -2.51. The zero-order valence-electron chi connectivity index (χ0n) is 12.2. The van der Waals surface area contributed by atoms with E-state index in [9.17, 15) is 29.9 Å². The van der Waals surface area contributed by atoms with Gasteiger partial charge < -0.3 is 21.3 Å². The number of urea groups is 1. The molecular formula is C13H16ClN3O6. The van der Waals surface area contributed by atoms with E-state index in [0.29, 0.717) is 6.42 Å². The summed E-state index contributed by atoms with van der Waals surface area (Å²) in [7, 11) is 0. The van der Waals surface area contributed by atoms with Crippen LogP contribution in [0.1, 0.15) is 36.5 Å². The normalized spacial score (nSPS) is 11.7. The van der Waals surface area contributed by atoms with Crippen LogP contribution in [0.15, 0.2) is 6.07 Å². The zero-order chi connectivity index (χ0) is 17.7. The van der Waals surface area contributed by atoms with Gasteiger partial charge in [-0.25, -0.2) is 4.79 Å². The van der Waals surface area contributed by atoms with Crippen molar-refractivity contribution in [1.82, 2.24) is 5.32 Å². The molecule has 1 unspecified atom stereocenters. The Labute approximate surface area is 136 Å². The van der Waals surface area contributed by atoms with Crippen molar-refractivity contribution < 1.29 is 24.7 Å². The van der Waals surface area contributed by atoms with Gasteiger partial charge in [0.05, 0.1) is 9.95 Å². The molecule has 0 fully saturated rings. The maximum atomic E-state index is 12.2. The molecule has 0 aromatic heterocycles. The topological polar surface area (TPSA) is 156 Å². The molecule has 0 spiro atoms. The van der Waals surface area contributed by atoms with E-state index in [0.717, 1.165) is 6.07 Å². The monoisotopic (exact) mass is 345 g/mol. The lowest BCUT2D eigenvalue weighted by Crippen LogP contribution is -2.38. The SMILES string of the molecule is CCC(CCC(=O)c1c(Cl)cc(O)c(O)c1[N+](=O)[O-])NC(N)=O. The number of Topliss-reactive ketones (excluding diaryl/α,β-unsaturated/α-hetero) is 1. The molecule has 9 nitrogen and oxygen atoms in total. The van der Waals surface area contributed by atoms with Gasteiger partial charge in [-0.15, -0.1) is 0 Å². The van der Waals surface area contributed by atoms with Crippen LogP contribution in [-0.4, -0.2) is 33.0 Å². The number of nitro benzene ring substituents is 1. The molecule has 10 heteroatoms. The van der Waals surface area contributed by atoms with Gasteiger partial charge in [0.25, 0.3) is 0 Å². The Morgan fingerprint density at radius 1 is 1.48 bits per heavy atom. The predicted octanol–water partition coefficient (Wildman–Crippen LogP) is 2.07. The number of phenols is 2. The van der Waals surface area contributed by atoms with Crippen LogP contribution in [0.4, 0.5) is 10.5 Å². The number of nitro groups is 1. The number of halogens is 1. The van der Waals surface area contributed by atoms with Crippen LogP contribution in [0, 0.1) is 10.1 Å². The van der Waals surface area contributed by atoms with Crippen LogP contribution in [0.2, 0.25) is 5.02 Å². The summed E-state index contributed by atoms with van der Waals surface area (Å²) in [6.45, 7) is 1.77. The third-order valence-electron chi connectivity index (χ3n) is 3.23. The van der Waals surface area contributed by atoms with E-state index in [4.69, 9.17) is 17.3 Å². The number of hydrogen-bond acceptors (Lipinski definition) is 6. The lowest BCUT2D eigenvalue weighted by Gasteiger charge is -2.15. The number of rotatable bonds is 7. The van der Waals surface area contributed by atoms with Crippen LogP contribution in [-0.2, 0) is 0 Å². The highest BCUT2D eigenvalue weighted by atomic mass is 35.5.